The third-order valence-electron chi connectivity index (χ3n) is 8.79. The number of rotatable bonds is 17. The van der Waals surface area contributed by atoms with Gasteiger partial charge in [-0.05, 0) is 90.0 Å². The van der Waals surface area contributed by atoms with Crippen molar-refractivity contribution in [2.75, 3.05) is 23.8 Å². The van der Waals surface area contributed by atoms with Crippen molar-refractivity contribution in [2.24, 2.45) is 0 Å². The lowest BCUT2D eigenvalue weighted by molar-refractivity contribution is -0.154. The van der Waals surface area contributed by atoms with Crippen molar-refractivity contribution < 1.29 is 42.2 Å². The first-order valence-corrected chi connectivity index (χ1v) is 17.8. The Morgan fingerprint density at radius 3 is 2.12 bits per heavy atom. The molecule has 1 saturated carbocycles. The highest BCUT2D eigenvalue weighted by Gasteiger charge is 2.45. The first-order chi connectivity index (χ1) is 27.2. The molecule has 0 bridgehead atoms. The maximum atomic E-state index is 13.0. The molecule has 6 rings (SSSR count). The summed E-state index contributed by atoms with van der Waals surface area (Å²) in [6, 6.07) is 21.6. The van der Waals surface area contributed by atoms with E-state index in [2.05, 4.69) is 41.2 Å². The number of ketones is 1. The number of carboxylic acid groups (broad SMARTS) is 1. The van der Waals surface area contributed by atoms with Crippen LogP contribution in [0.4, 0.5) is 30.8 Å². The molecule has 0 spiro atoms. The van der Waals surface area contributed by atoms with E-state index in [4.69, 9.17) is 16.3 Å². The molecule has 0 saturated heterocycles. The number of carbonyl (C=O) groups excluding carboxylic acids is 3. The minimum Gasteiger partial charge on any atom is -0.480 e. The Hall–Kier alpha value is -6.62. The molecular weight excluding hydrogens is 769 g/mol. The van der Waals surface area contributed by atoms with Gasteiger partial charge < -0.3 is 31.1 Å². The summed E-state index contributed by atoms with van der Waals surface area (Å²) in [6.45, 7) is -1.84. The van der Waals surface area contributed by atoms with Gasteiger partial charge in [-0.2, -0.15) is 28.1 Å². The Morgan fingerprint density at radius 1 is 0.842 bits per heavy atom. The van der Waals surface area contributed by atoms with Crippen LogP contribution in [0.2, 0.25) is 5.02 Å². The second-order valence-corrected chi connectivity index (χ2v) is 13.5. The molecule has 0 radical (unpaired) electrons. The Kier molecular flexibility index (Phi) is 12.3. The predicted octanol–water partition coefficient (Wildman–Crippen LogP) is 5.87. The van der Waals surface area contributed by atoms with E-state index in [0.717, 1.165) is 16.7 Å². The first kappa shape index (κ1) is 40.1. The number of aliphatic carboxylic acids is 1. The lowest BCUT2D eigenvalue weighted by Crippen LogP contribution is -2.43. The van der Waals surface area contributed by atoms with E-state index >= 15 is 0 Å². The number of alkyl halides is 3. The molecule has 18 heteroatoms. The number of amides is 2. The van der Waals surface area contributed by atoms with Crippen LogP contribution in [0.3, 0.4) is 0 Å². The number of nitrogens with zero attached hydrogens (tertiary/aromatic N) is 4. The standard InChI is InChI=1S/C39H34ClF3N8O6/c40-28-9-7-27(8-10-28)38(16-17-38)51-36-48-35(49-37(50-36)57-22-39(41,42)43)46-29-11-5-26(6-12-29)32(53)47-30(34(55)56)15-20-45-33(54)31(52)21-23-1-3-24(4-2-23)25-13-18-44-19-14-25/h1-14,18-19,30H,15-17,20-22H2,(H,45,54)(H,47,53)(H,55,56)(H2,46,48,49,50,51)/t30-/m0/s1. The lowest BCUT2D eigenvalue weighted by Gasteiger charge is -2.19. The second-order valence-electron chi connectivity index (χ2n) is 13.0. The molecule has 1 aliphatic carbocycles. The van der Waals surface area contributed by atoms with Gasteiger partial charge in [0.15, 0.2) is 6.61 Å². The Labute approximate surface area is 328 Å². The SMILES string of the molecule is O=C(Cc1ccc(-c2ccncc2)cc1)C(=O)NCC[C@H](NC(=O)c1ccc(Nc2nc(NC3(c4ccc(Cl)cc4)CC3)nc(OCC(F)(F)F)n2)cc1)C(=O)O. The maximum absolute atomic E-state index is 13.0. The highest BCUT2D eigenvalue weighted by atomic mass is 35.5. The summed E-state index contributed by atoms with van der Waals surface area (Å²) in [5, 5.41) is 21.1. The molecule has 57 heavy (non-hydrogen) atoms. The van der Waals surface area contributed by atoms with Crippen molar-refractivity contribution in [1.82, 2.24) is 30.6 Å². The number of aromatic nitrogens is 4. The van der Waals surface area contributed by atoms with Crippen molar-refractivity contribution in [3.63, 3.8) is 0 Å². The van der Waals surface area contributed by atoms with Crippen LogP contribution in [-0.2, 0) is 26.3 Å². The fourth-order valence-corrected chi connectivity index (χ4v) is 5.79. The molecule has 1 fully saturated rings. The van der Waals surface area contributed by atoms with Gasteiger partial charge in [0.05, 0.1) is 5.54 Å². The van der Waals surface area contributed by atoms with Crippen LogP contribution < -0.4 is 26.0 Å². The summed E-state index contributed by atoms with van der Waals surface area (Å²) in [6.07, 6.45) is -0.281. The minimum atomic E-state index is -4.65. The number of nitrogens with one attached hydrogen (secondary N) is 4. The van der Waals surface area contributed by atoms with Crippen molar-refractivity contribution in [1.29, 1.82) is 0 Å². The Morgan fingerprint density at radius 2 is 1.49 bits per heavy atom. The average molecular weight is 803 g/mol. The number of pyridine rings is 1. The number of carboxylic acids is 1. The monoisotopic (exact) mass is 802 g/mol. The molecule has 1 aliphatic rings. The van der Waals surface area contributed by atoms with Gasteiger partial charge in [0.2, 0.25) is 17.7 Å². The Balaban J connectivity index is 1.03. The smallest absolute Gasteiger partial charge is 0.422 e. The molecule has 3 aromatic carbocycles. The van der Waals surface area contributed by atoms with E-state index in [1.165, 1.54) is 24.3 Å². The molecule has 2 heterocycles. The molecule has 14 nitrogen and oxygen atoms in total. The number of anilines is 3. The van der Waals surface area contributed by atoms with Gasteiger partial charge in [0.1, 0.15) is 6.04 Å². The van der Waals surface area contributed by atoms with Crippen molar-refractivity contribution in [2.45, 2.75) is 43.4 Å². The third kappa shape index (κ3) is 11.2. The van der Waals surface area contributed by atoms with Gasteiger partial charge in [0.25, 0.3) is 11.8 Å². The second kappa shape index (κ2) is 17.5. The van der Waals surface area contributed by atoms with Crippen molar-refractivity contribution >= 4 is 52.8 Å². The molecule has 2 amide bonds. The molecule has 2 aromatic heterocycles. The van der Waals surface area contributed by atoms with Crippen LogP contribution >= 0.6 is 11.6 Å². The van der Waals surface area contributed by atoms with E-state index in [1.807, 2.05) is 36.4 Å². The van der Waals surface area contributed by atoms with Gasteiger partial charge in [-0.3, -0.25) is 19.4 Å². The maximum Gasteiger partial charge on any atom is 0.422 e. The number of carbonyl (C=O) groups is 4. The van der Waals surface area contributed by atoms with Crippen LogP contribution in [0, 0.1) is 0 Å². The van der Waals surface area contributed by atoms with E-state index in [1.54, 1.807) is 36.7 Å². The summed E-state index contributed by atoms with van der Waals surface area (Å²) in [5.41, 5.74) is 3.21. The number of ether oxygens (including phenoxy) is 1. The summed E-state index contributed by atoms with van der Waals surface area (Å²) in [4.78, 5) is 66.2. The highest BCUT2D eigenvalue weighted by Crippen LogP contribution is 2.48. The van der Waals surface area contributed by atoms with Gasteiger partial charge in [-0.1, -0.05) is 48.0 Å². The topological polar surface area (TPSA) is 197 Å². The summed E-state index contributed by atoms with van der Waals surface area (Å²) >= 11 is 6.03. The van der Waals surface area contributed by atoms with E-state index in [9.17, 15) is 37.5 Å². The highest BCUT2D eigenvalue weighted by molar-refractivity contribution is 6.36. The van der Waals surface area contributed by atoms with Crippen LogP contribution in [0.25, 0.3) is 11.1 Å². The average Bonchev–Trinajstić information content (AvgIpc) is 3.97. The van der Waals surface area contributed by atoms with Gasteiger partial charge in [-0.15, -0.1) is 0 Å². The molecule has 5 aromatic rings. The van der Waals surface area contributed by atoms with Gasteiger partial charge >= 0.3 is 18.2 Å². The van der Waals surface area contributed by atoms with Gasteiger partial charge in [0, 0.05) is 41.6 Å². The molecule has 1 atom stereocenters. The summed E-state index contributed by atoms with van der Waals surface area (Å²) < 4.78 is 43.7. The Bertz CT molecular complexity index is 2230. The van der Waals surface area contributed by atoms with Crippen molar-refractivity contribution in [3.05, 3.63) is 119 Å². The normalized spacial score (nSPS) is 13.5. The van der Waals surface area contributed by atoms with E-state index in [-0.39, 0.29) is 36.8 Å². The zero-order valence-corrected chi connectivity index (χ0v) is 30.6. The largest absolute Gasteiger partial charge is 0.480 e. The zero-order valence-electron chi connectivity index (χ0n) is 29.8. The molecular formula is C39H34ClF3N8O6. The van der Waals surface area contributed by atoms with Gasteiger partial charge in [-0.25, -0.2) is 4.79 Å². The van der Waals surface area contributed by atoms with E-state index < -0.39 is 53.9 Å². The zero-order chi connectivity index (χ0) is 40.6. The first-order valence-electron chi connectivity index (χ1n) is 17.5. The number of hydrogen-bond donors (Lipinski definition) is 5. The molecule has 5 N–H and O–H groups in total. The fraction of sp³-hybridized carbons (Fsp3) is 0.231. The number of hydrogen-bond acceptors (Lipinski definition) is 11. The fourth-order valence-electron chi connectivity index (χ4n) is 5.66. The minimum absolute atomic E-state index is 0.0412. The van der Waals surface area contributed by atoms with Crippen LogP contribution in [0.1, 0.15) is 40.7 Å². The molecule has 0 unspecified atom stereocenters. The van der Waals surface area contributed by atoms with Crippen LogP contribution in [0.15, 0.2) is 97.3 Å². The number of halogens is 4. The number of Topliss-reactive ketones (excluding diaryl/α,β-unsaturated/α-hetero) is 1. The van der Waals surface area contributed by atoms with Crippen LogP contribution in [0.5, 0.6) is 6.01 Å². The quantitative estimate of drug-likeness (QED) is 0.0702. The molecule has 0 aliphatic heterocycles. The molecule has 294 valence electrons. The van der Waals surface area contributed by atoms with E-state index in [0.29, 0.717) is 29.1 Å². The predicted molar refractivity (Wildman–Crippen MR) is 202 cm³/mol. The lowest BCUT2D eigenvalue weighted by atomic mass is 10.0. The third-order valence-corrected chi connectivity index (χ3v) is 9.04. The van der Waals surface area contributed by atoms with Crippen molar-refractivity contribution in [3.8, 4) is 17.1 Å². The summed E-state index contributed by atoms with van der Waals surface area (Å²) in [5.74, 6) is -3.89. The summed E-state index contributed by atoms with van der Waals surface area (Å²) in [7, 11) is 0. The van der Waals surface area contributed by atoms with Crippen LogP contribution in [-0.4, -0.2) is 74.0 Å². The number of benzene rings is 3.